The van der Waals surface area contributed by atoms with Crippen molar-refractivity contribution in [2.24, 2.45) is 0 Å². The van der Waals surface area contributed by atoms with E-state index in [1.807, 2.05) is 42.5 Å². The van der Waals surface area contributed by atoms with Crippen molar-refractivity contribution in [2.75, 3.05) is 0 Å². The lowest BCUT2D eigenvalue weighted by Crippen LogP contribution is -2.29. The lowest BCUT2D eigenvalue weighted by atomic mass is 9.80. The first kappa shape index (κ1) is 57.8. The van der Waals surface area contributed by atoms with E-state index in [1.54, 1.807) is 6.07 Å². The Hall–Kier alpha value is -11.4. The zero-order valence-electron chi connectivity index (χ0n) is 51.2. The van der Waals surface area contributed by atoms with Gasteiger partial charge in [-0.15, -0.1) is 0 Å². The highest BCUT2D eigenvalue weighted by Crippen LogP contribution is 2.46. The molecule has 2 aromatic heterocycles. The summed E-state index contributed by atoms with van der Waals surface area (Å²) in [5, 5.41) is 33.8. The van der Waals surface area contributed by atoms with Crippen LogP contribution in [0.2, 0.25) is 0 Å². The number of fused-ring (bicyclic) bond motifs is 10. The van der Waals surface area contributed by atoms with Gasteiger partial charge in [0.15, 0.2) is 0 Å². The minimum absolute atomic E-state index is 0.503. The molecule has 0 fully saturated rings. The molecule has 0 saturated heterocycles. The van der Waals surface area contributed by atoms with E-state index in [9.17, 15) is 10.0 Å². The second-order valence-corrected chi connectivity index (χ2v) is 24.7. The average molecular weight is 1270 g/mol. The highest BCUT2D eigenvalue weighted by atomic mass is 79.9. The maximum absolute atomic E-state index is 9.43. The van der Waals surface area contributed by atoms with Crippen molar-refractivity contribution >= 4 is 115 Å². The van der Waals surface area contributed by atoms with Gasteiger partial charge in [-0.1, -0.05) is 301 Å². The molecule has 94 heavy (non-hydrogen) atoms. The van der Waals surface area contributed by atoms with Crippen molar-refractivity contribution < 1.29 is 10.0 Å². The van der Waals surface area contributed by atoms with E-state index < -0.39 is 7.12 Å². The third kappa shape index (κ3) is 10.5. The predicted molar refractivity (Wildman–Crippen MR) is 403 cm³/mol. The van der Waals surface area contributed by atoms with E-state index in [-0.39, 0.29) is 0 Å². The Morgan fingerprint density at radius 2 is 0.479 bits per heavy atom. The van der Waals surface area contributed by atoms with Gasteiger partial charge in [0, 0.05) is 37.4 Å². The van der Waals surface area contributed by atoms with Crippen LogP contribution < -0.4 is 5.46 Å². The van der Waals surface area contributed by atoms with Crippen molar-refractivity contribution in [2.45, 2.75) is 0 Å². The topological polar surface area (TPSA) is 50.3 Å². The molecule has 6 heteroatoms. The quantitative estimate of drug-likeness (QED) is 0.118. The monoisotopic (exact) mass is 1270 g/mol. The Morgan fingerprint density at radius 1 is 0.213 bits per heavy atom. The van der Waals surface area contributed by atoms with Crippen LogP contribution in [0.4, 0.5) is 0 Å². The first-order valence-electron chi connectivity index (χ1n) is 31.8. The van der Waals surface area contributed by atoms with Crippen molar-refractivity contribution in [3.05, 3.63) is 356 Å². The fourth-order valence-electron chi connectivity index (χ4n) is 14.2. The molecule has 0 radical (unpaired) electrons. The number of hydrogen-bond acceptors (Lipinski definition) is 2. The summed E-state index contributed by atoms with van der Waals surface area (Å²) in [4.78, 5) is 0. The smallest absolute Gasteiger partial charge is 0.423 e. The zero-order chi connectivity index (χ0) is 63.1. The van der Waals surface area contributed by atoms with Crippen LogP contribution in [0.5, 0.6) is 0 Å². The van der Waals surface area contributed by atoms with Gasteiger partial charge < -0.3 is 19.2 Å². The van der Waals surface area contributed by atoms with Gasteiger partial charge in [0.25, 0.3) is 0 Å². The summed E-state index contributed by atoms with van der Waals surface area (Å²) in [6, 6.07) is 125. The summed E-state index contributed by atoms with van der Waals surface area (Å²) >= 11 is 3.56. The number of hydrogen-bond donors (Lipinski definition) is 2. The minimum Gasteiger partial charge on any atom is -0.423 e. The van der Waals surface area contributed by atoms with Crippen LogP contribution in [-0.2, 0) is 0 Å². The maximum atomic E-state index is 9.43. The molecule has 0 atom stereocenters. The fourth-order valence-corrected chi connectivity index (χ4v) is 14.4. The van der Waals surface area contributed by atoms with Crippen LogP contribution in [-0.4, -0.2) is 26.3 Å². The molecule has 16 aromatic carbocycles. The van der Waals surface area contributed by atoms with E-state index >= 15 is 0 Å². The van der Waals surface area contributed by atoms with Crippen molar-refractivity contribution in [3.8, 4) is 67.0 Å². The molecule has 0 unspecified atom stereocenters. The Balaban J connectivity index is 0.000000121. The molecule has 0 amide bonds. The van der Waals surface area contributed by atoms with Gasteiger partial charge in [-0.05, 0) is 171 Å². The van der Waals surface area contributed by atoms with Crippen LogP contribution in [0, 0.1) is 0 Å². The van der Waals surface area contributed by atoms with Gasteiger partial charge in [0.2, 0.25) is 0 Å². The van der Waals surface area contributed by atoms with E-state index in [1.165, 1.54) is 126 Å². The molecule has 2 heterocycles. The van der Waals surface area contributed by atoms with Crippen LogP contribution in [0.25, 0.3) is 154 Å². The van der Waals surface area contributed by atoms with Gasteiger partial charge in [-0.3, -0.25) is 0 Å². The summed E-state index contributed by atoms with van der Waals surface area (Å²) in [5.74, 6) is 0. The van der Waals surface area contributed by atoms with E-state index in [4.69, 9.17) is 0 Å². The molecule has 0 aliphatic heterocycles. The summed E-state index contributed by atoms with van der Waals surface area (Å²) in [6.45, 7) is 0. The SMILES string of the molecule is Brc1ccc(-c2c3ccccc3c(-c3ccccc3)c3ccccc23)cc1.OB(O)c1ccc2c(c1)c1ccccc1n2-c1ccccc1.c1ccc(-c2c3ccccc3c(-c3ccc(-c4ccc5c(c4)c4ccccc4n5-c4ccccc4)cc3)c3ccccc23)cc1. The Kier molecular flexibility index (Phi) is 15.4. The van der Waals surface area contributed by atoms with E-state index in [2.05, 4.69) is 328 Å². The van der Waals surface area contributed by atoms with Crippen LogP contribution in [0.3, 0.4) is 0 Å². The molecule has 0 bridgehead atoms. The third-order valence-corrected chi connectivity index (χ3v) is 18.9. The molecule has 0 saturated carbocycles. The van der Waals surface area contributed by atoms with Crippen molar-refractivity contribution in [1.82, 2.24) is 9.13 Å². The molecular weight excluding hydrogens is 1210 g/mol. The Labute approximate surface area is 554 Å². The van der Waals surface area contributed by atoms with Crippen LogP contribution >= 0.6 is 15.9 Å². The summed E-state index contributed by atoms with van der Waals surface area (Å²) < 4.78 is 5.66. The number of nitrogens with zero attached hydrogens (tertiary/aromatic N) is 2. The number of aromatic nitrogens is 2. The normalized spacial score (nSPS) is 11.4. The second-order valence-electron chi connectivity index (χ2n) is 23.8. The lowest BCUT2D eigenvalue weighted by molar-refractivity contribution is 0.426. The van der Waals surface area contributed by atoms with E-state index in [0.29, 0.717) is 5.46 Å². The molecule has 2 N–H and O–H groups in total. The van der Waals surface area contributed by atoms with Gasteiger partial charge in [-0.25, -0.2) is 0 Å². The zero-order valence-corrected chi connectivity index (χ0v) is 52.8. The molecule has 0 aliphatic rings. The van der Waals surface area contributed by atoms with Crippen molar-refractivity contribution in [3.63, 3.8) is 0 Å². The van der Waals surface area contributed by atoms with Gasteiger partial charge in [0.1, 0.15) is 0 Å². The number of halogens is 1. The standard InChI is InChI=1S/C44H29N.C26H17Br.C18H14BNO2/c1-3-13-31(14-4-1)43-36-18-7-9-20-38(36)44(39-21-10-8-19-37(39)43)32-25-23-30(24-26-32)33-27-28-42-40(29-33)35-17-11-12-22-41(35)45(42)34-15-5-2-6-16-34;27-20-16-14-19(15-17-20)26-23-12-6-4-10-21(23)25(18-8-2-1-3-9-18)22-11-5-7-13-24(22)26;21-19(22)13-10-11-18-16(12-13)15-8-4-5-9-17(15)20(18)14-6-2-1-3-7-14/h1-29H;1-17H;1-12,21-22H. The van der Waals surface area contributed by atoms with Crippen molar-refractivity contribution in [1.29, 1.82) is 0 Å². The lowest BCUT2D eigenvalue weighted by Gasteiger charge is -2.18. The molecular formula is C88H60BBrN2O2. The third-order valence-electron chi connectivity index (χ3n) is 18.3. The Morgan fingerprint density at radius 3 is 0.851 bits per heavy atom. The molecule has 0 aliphatic carbocycles. The first-order chi connectivity index (χ1) is 46.4. The largest absolute Gasteiger partial charge is 0.488 e. The minimum atomic E-state index is -1.46. The molecule has 18 aromatic rings. The highest BCUT2D eigenvalue weighted by Gasteiger charge is 2.21. The molecule has 444 valence electrons. The second kappa shape index (κ2) is 25.0. The molecule has 4 nitrogen and oxygen atoms in total. The van der Waals surface area contributed by atoms with Gasteiger partial charge in [-0.2, -0.15) is 0 Å². The van der Waals surface area contributed by atoms with Gasteiger partial charge >= 0.3 is 7.12 Å². The predicted octanol–water partition coefficient (Wildman–Crippen LogP) is 22.6. The van der Waals surface area contributed by atoms with Gasteiger partial charge in [0.05, 0.1) is 22.1 Å². The van der Waals surface area contributed by atoms with E-state index in [0.717, 1.165) is 32.0 Å². The number of rotatable bonds is 8. The molecule has 18 rings (SSSR count). The summed E-state index contributed by atoms with van der Waals surface area (Å²) in [5.41, 5.74) is 20.0. The first-order valence-corrected chi connectivity index (χ1v) is 32.6. The number of benzene rings is 16. The summed E-state index contributed by atoms with van der Waals surface area (Å²) in [6.07, 6.45) is 0. The fraction of sp³-hybridized carbons (Fsp3) is 0. The highest BCUT2D eigenvalue weighted by molar-refractivity contribution is 9.10. The summed E-state index contributed by atoms with van der Waals surface area (Å²) in [7, 11) is -1.46. The number of para-hydroxylation sites is 4. The molecule has 0 spiro atoms. The Bertz CT molecular complexity index is 5700. The maximum Gasteiger partial charge on any atom is 0.488 e. The van der Waals surface area contributed by atoms with Crippen LogP contribution in [0.15, 0.2) is 356 Å². The van der Waals surface area contributed by atoms with Crippen LogP contribution in [0.1, 0.15) is 0 Å². The average Bonchev–Trinajstić information content (AvgIpc) is 1.11.